The number of Topliss-reactive ketones (excluding diaryl/α,β-unsaturated/α-hetero) is 1. The molecule has 1 aromatic rings. The molecule has 2 saturated carbocycles. The van der Waals surface area contributed by atoms with E-state index < -0.39 is 58.4 Å². The highest BCUT2D eigenvalue weighted by molar-refractivity contribution is 6.38. The number of halogens is 1. The predicted molar refractivity (Wildman–Crippen MR) is 192 cm³/mol. The van der Waals surface area contributed by atoms with Gasteiger partial charge in [0.05, 0.1) is 31.5 Å². The van der Waals surface area contributed by atoms with Crippen molar-refractivity contribution in [2.24, 2.45) is 16.5 Å². The van der Waals surface area contributed by atoms with E-state index in [4.69, 9.17) is 25.9 Å². The van der Waals surface area contributed by atoms with Gasteiger partial charge in [-0.25, -0.2) is 0 Å². The number of carbonyl (C=O) groups is 5. The highest BCUT2D eigenvalue weighted by Crippen LogP contribution is 2.41. The zero-order valence-electron chi connectivity index (χ0n) is 30.6. The summed E-state index contributed by atoms with van der Waals surface area (Å²) in [5.74, 6) is -3.07. The van der Waals surface area contributed by atoms with Crippen molar-refractivity contribution in [3.8, 4) is 0 Å². The van der Waals surface area contributed by atoms with E-state index in [0.717, 1.165) is 44.1 Å². The van der Waals surface area contributed by atoms with Crippen molar-refractivity contribution in [3.05, 3.63) is 34.9 Å². The molecule has 14 heteroatoms. The average Bonchev–Trinajstić information content (AvgIpc) is 3.46. The fourth-order valence-corrected chi connectivity index (χ4v) is 8.01. The maximum atomic E-state index is 14.7. The number of carbonyl (C=O) groups excluding carboxylic acids is 5. The Balaban J connectivity index is 1.20. The summed E-state index contributed by atoms with van der Waals surface area (Å²) in [6.07, 6.45) is 6.12. The lowest BCUT2D eigenvalue weighted by Gasteiger charge is -2.37. The van der Waals surface area contributed by atoms with Crippen molar-refractivity contribution in [1.82, 2.24) is 20.9 Å². The van der Waals surface area contributed by atoms with E-state index in [9.17, 15) is 24.0 Å². The van der Waals surface area contributed by atoms with E-state index in [1.807, 2.05) is 39.8 Å². The first-order valence-corrected chi connectivity index (χ1v) is 19.1. The SMILES string of the molecule is CCC[C@H](NC(=O)[C@@H]1C[C@]2(CC(c3cccc(Cl)c3)=NO2)CN1C(=O)[C@@H](NC(=O)CC1CCC2(CC1)OCCO2)C(C)(C)C)C(=O)C(=O)NC1CC1. The average molecular weight is 742 g/mol. The van der Waals surface area contributed by atoms with E-state index in [1.165, 1.54) is 4.90 Å². The van der Waals surface area contributed by atoms with Crippen LogP contribution in [0.2, 0.25) is 5.02 Å². The quantitative estimate of drug-likeness (QED) is 0.273. The highest BCUT2D eigenvalue weighted by Gasteiger charge is 2.56. The summed E-state index contributed by atoms with van der Waals surface area (Å²) in [7, 11) is 0. The summed E-state index contributed by atoms with van der Waals surface area (Å²) in [4.78, 5) is 75.9. The van der Waals surface area contributed by atoms with Gasteiger partial charge < -0.3 is 35.2 Å². The summed E-state index contributed by atoms with van der Waals surface area (Å²) in [5, 5.41) is 13.5. The van der Waals surface area contributed by atoms with Gasteiger partial charge in [-0.3, -0.25) is 24.0 Å². The van der Waals surface area contributed by atoms with Gasteiger partial charge in [-0.05, 0) is 55.6 Å². The standard InChI is InChI=1S/C38H52ClN5O8/c1-5-7-27(31(46)34(48)40-26-10-11-26)41-33(47)29-21-37(20-28(43-52-37)24-8-6-9-25(39)19-24)22-44(29)35(49)32(36(2,3)4)42-30(45)18-23-12-14-38(15-13-23)50-16-17-51-38/h6,8-9,19,23,26-27,29,32H,5,7,10-18,20-22H2,1-4H3,(H,40,48)(H,41,47)(H,42,45)/t27-,29-,32+,37+/m0/s1. The third-order valence-corrected chi connectivity index (χ3v) is 11.1. The minimum Gasteiger partial charge on any atom is -0.387 e. The Labute approximate surface area is 310 Å². The molecule has 0 radical (unpaired) electrons. The molecule has 2 saturated heterocycles. The second kappa shape index (κ2) is 15.4. The van der Waals surface area contributed by atoms with Crippen molar-refractivity contribution in [2.75, 3.05) is 19.8 Å². The molecule has 6 rings (SSSR count). The van der Waals surface area contributed by atoms with Crippen molar-refractivity contribution in [1.29, 1.82) is 0 Å². The molecule has 52 heavy (non-hydrogen) atoms. The molecular weight excluding hydrogens is 690 g/mol. The number of oxime groups is 1. The van der Waals surface area contributed by atoms with Crippen LogP contribution in [-0.2, 0) is 38.3 Å². The first kappa shape index (κ1) is 38.2. The van der Waals surface area contributed by atoms with Gasteiger partial charge in [-0.1, -0.05) is 63.0 Å². The number of ether oxygens (including phenoxy) is 2. The summed E-state index contributed by atoms with van der Waals surface area (Å²) in [6.45, 7) is 8.68. The largest absolute Gasteiger partial charge is 0.387 e. The fraction of sp³-hybridized carbons (Fsp3) is 0.684. The van der Waals surface area contributed by atoms with Crippen molar-refractivity contribution >= 4 is 46.7 Å². The number of benzene rings is 1. The van der Waals surface area contributed by atoms with E-state index in [2.05, 4.69) is 21.1 Å². The van der Waals surface area contributed by atoms with Crippen LogP contribution in [0.15, 0.2) is 29.4 Å². The first-order chi connectivity index (χ1) is 24.7. The summed E-state index contributed by atoms with van der Waals surface area (Å²) < 4.78 is 11.7. The Kier molecular flexibility index (Phi) is 11.3. The molecule has 4 fully saturated rings. The Hall–Kier alpha value is -3.55. The number of ketones is 1. The molecule has 2 aliphatic carbocycles. The molecule has 3 aliphatic heterocycles. The first-order valence-electron chi connectivity index (χ1n) is 18.7. The van der Waals surface area contributed by atoms with Gasteiger partial charge in [0, 0.05) is 48.7 Å². The molecule has 0 aromatic heterocycles. The minimum atomic E-state index is -1.06. The van der Waals surface area contributed by atoms with E-state index in [0.29, 0.717) is 36.8 Å². The predicted octanol–water partition coefficient (Wildman–Crippen LogP) is 3.79. The van der Waals surface area contributed by atoms with Gasteiger partial charge in [0.1, 0.15) is 12.1 Å². The molecule has 1 aromatic carbocycles. The molecule has 3 N–H and O–H groups in total. The summed E-state index contributed by atoms with van der Waals surface area (Å²) in [6, 6.07) is 4.14. The molecule has 4 atom stereocenters. The van der Waals surface area contributed by atoms with Crippen molar-refractivity contribution in [2.45, 2.75) is 134 Å². The molecule has 0 unspecified atom stereocenters. The maximum Gasteiger partial charge on any atom is 0.289 e. The summed E-state index contributed by atoms with van der Waals surface area (Å²) >= 11 is 6.26. The number of hydrogen-bond donors (Lipinski definition) is 3. The van der Waals surface area contributed by atoms with Crippen molar-refractivity contribution < 1.29 is 38.3 Å². The van der Waals surface area contributed by atoms with Crippen LogP contribution in [0.25, 0.3) is 0 Å². The zero-order valence-corrected chi connectivity index (χ0v) is 31.4. The maximum absolute atomic E-state index is 14.7. The lowest BCUT2D eigenvalue weighted by atomic mass is 9.82. The lowest BCUT2D eigenvalue weighted by molar-refractivity contribution is -0.183. The second-order valence-electron chi connectivity index (χ2n) is 16.3. The zero-order chi connectivity index (χ0) is 37.3. The van der Waals surface area contributed by atoms with Crippen LogP contribution in [-0.4, -0.2) is 95.3 Å². The Morgan fingerprint density at radius 3 is 2.38 bits per heavy atom. The normalized spacial score (nSPS) is 25.4. The third kappa shape index (κ3) is 8.80. The van der Waals surface area contributed by atoms with Crippen molar-refractivity contribution in [3.63, 3.8) is 0 Å². The monoisotopic (exact) mass is 741 g/mol. The lowest BCUT2D eigenvalue weighted by Crippen LogP contribution is -2.59. The number of rotatable bonds is 12. The van der Waals surface area contributed by atoms with Crippen LogP contribution >= 0.6 is 11.6 Å². The van der Waals surface area contributed by atoms with Crippen LogP contribution in [0.4, 0.5) is 0 Å². The molecule has 3 heterocycles. The topological polar surface area (TPSA) is 165 Å². The number of amides is 4. The highest BCUT2D eigenvalue weighted by atomic mass is 35.5. The molecule has 0 bridgehead atoms. The number of nitrogens with zero attached hydrogens (tertiary/aromatic N) is 2. The van der Waals surface area contributed by atoms with Gasteiger partial charge in [0.25, 0.3) is 5.91 Å². The number of hydrogen-bond acceptors (Lipinski definition) is 9. The minimum absolute atomic E-state index is 0.0138. The Morgan fingerprint density at radius 1 is 1.04 bits per heavy atom. The Bertz CT molecular complexity index is 1570. The van der Waals surface area contributed by atoms with Gasteiger partial charge in [0.2, 0.25) is 23.5 Å². The van der Waals surface area contributed by atoms with Gasteiger partial charge in [-0.15, -0.1) is 0 Å². The van der Waals surface area contributed by atoms with Crippen LogP contribution in [0.3, 0.4) is 0 Å². The van der Waals surface area contributed by atoms with Crippen LogP contribution in [0.5, 0.6) is 0 Å². The van der Waals surface area contributed by atoms with Gasteiger partial charge in [0.15, 0.2) is 11.4 Å². The Morgan fingerprint density at radius 2 is 1.75 bits per heavy atom. The van der Waals surface area contributed by atoms with Crippen LogP contribution in [0, 0.1) is 11.3 Å². The second-order valence-corrected chi connectivity index (χ2v) is 16.7. The van der Waals surface area contributed by atoms with Gasteiger partial charge >= 0.3 is 0 Å². The summed E-state index contributed by atoms with van der Waals surface area (Å²) in [5.41, 5.74) is -0.343. The molecule has 284 valence electrons. The van der Waals surface area contributed by atoms with E-state index >= 15 is 0 Å². The number of likely N-dealkylation sites (tertiary alicyclic amines) is 1. The smallest absolute Gasteiger partial charge is 0.289 e. The van der Waals surface area contributed by atoms with E-state index in [-0.39, 0.29) is 43.7 Å². The van der Waals surface area contributed by atoms with Gasteiger partial charge in [-0.2, -0.15) is 0 Å². The molecular formula is C38H52ClN5O8. The van der Waals surface area contributed by atoms with Crippen LogP contribution < -0.4 is 16.0 Å². The van der Waals surface area contributed by atoms with E-state index in [1.54, 1.807) is 12.1 Å². The third-order valence-electron chi connectivity index (χ3n) is 10.9. The number of nitrogens with one attached hydrogen (secondary N) is 3. The molecule has 2 spiro atoms. The van der Waals surface area contributed by atoms with Crippen LogP contribution in [0.1, 0.15) is 104 Å². The molecule has 5 aliphatic rings. The molecule has 4 amide bonds. The fourth-order valence-electron chi connectivity index (χ4n) is 7.82. The molecule has 13 nitrogen and oxygen atoms in total.